The van der Waals surface area contributed by atoms with Crippen LogP contribution in [0.4, 0.5) is 9.18 Å². The number of aliphatic hydroxyl groups is 1. The lowest BCUT2D eigenvalue weighted by Gasteiger charge is -2.39. The number of piperidine rings is 1. The van der Waals surface area contributed by atoms with Crippen molar-refractivity contribution in [2.24, 2.45) is 0 Å². The van der Waals surface area contributed by atoms with Gasteiger partial charge in [0, 0.05) is 24.7 Å². The van der Waals surface area contributed by atoms with E-state index in [2.05, 4.69) is 4.98 Å². The molecule has 19 heavy (non-hydrogen) atoms. The van der Waals surface area contributed by atoms with Crippen LogP contribution in [-0.2, 0) is 10.3 Å². The molecule has 0 bridgehead atoms. The van der Waals surface area contributed by atoms with E-state index in [4.69, 9.17) is 16.3 Å². The highest BCUT2D eigenvalue weighted by molar-refractivity contribution is 6.30. The van der Waals surface area contributed by atoms with Crippen LogP contribution >= 0.6 is 11.6 Å². The molecule has 0 aromatic carbocycles. The molecule has 1 aromatic heterocycles. The van der Waals surface area contributed by atoms with Crippen molar-refractivity contribution in [2.75, 3.05) is 13.2 Å². The lowest BCUT2D eigenvalue weighted by Crippen LogP contribution is -2.48. The molecule has 0 aliphatic carbocycles. The summed E-state index contributed by atoms with van der Waals surface area (Å²) in [7, 11) is 0. The summed E-state index contributed by atoms with van der Waals surface area (Å²) in [5.41, 5.74) is -1.28. The van der Waals surface area contributed by atoms with Crippen LogP contribution in [0.15, 0.2) is 12.3 Å². The number of nitrogens with zero attached hydrogens (tertiary/aromatic N) is 2. The van der Waals surface area contributed by atoms with Crippen molar-refractivity contribution in [3.05, 3.63) is 28.8 Å². The first-order chi connectivity index (χ1) is 8.99. The second-order valence-electron chi connectivity index (χ2n) is 4.90. The molecule has 5 nitrogen and oxygen atoms in total. The molecule has 0 spiro atoms. The standard InChI is InChI=1S/C12H12ClFN2O3/c13-7-3-9(10(14)15-5-7)12(18)1-2-16-8(4-12)6-19-11(16)17/h3,5,8,18H,1-2,4,6H2/t8-,12?/m1/s1. The molecule has 0 saturated carbocycles. The fraction of sp³-hybridized carbons (Fsp3) is 0.500. The summed E-state index contributed by atoms with van der Waals surface area (Å²) in [6, 6.07) is 1.15. The molecule has 1 N–H and O–H groups in total. The first kappa shape index (κ1) is 12.6. The maximum atomic E-state index is 13.8. The monoisotopic (exact) mass is 286 g/mol. The van der Waals surface area contributed by atoms with Gasteiger partial charge in [-0.25, -0.2) is 9.78 Å². The van der Waals surface area contributed by atoms with E-state index in [0.29, 0.717) is 6.54 Å². The molecule has 7 heteroatoms. The summed E-state index contributed by atoms with van der Waals surface area (Å²) >= 11 is 5.80. The molecule has 102 valence electrons. The summed E-state index contributed by atoms with van der Waals surface area (Å²) in [6.07, 6.45) is 1.27. The first-order valence-corrected chi connectivity index (χ1v) is 6.35. The van der Waals surface area contributed by atoms with Gasteiger partial charge in [0.15, 0.2) is 0 Å². The van der Waals surface area contributed by atoms with Gasteiger partial charge in [-0.1, -0.05) is 11.6 Å². The molecule has 0 radical (unpaired) electrons. The number of carbonyl (C=O) groups excluding carboxylic acids is 1. The average molecular weight is 287 g/mol. The van der Waals surface area contributed by atoms with Gasteiger partial charge in [-0.2, -0.15) is 4.39 Å². The number of halogens is 2. The summed E-state index contributed by atoms with van der Waals surface area (Å²) in [5.74, 6) is -0.731. The zero-order valence-electron chi connectivity index (χ0n) is 9.97. The zero-order chi connectivity index (χ0) is 13.6. The van der Waals surface area contributed by atoms with Crippen molar-refractivity contribution in [3.63, 3.8) is 0 Å². The minimum Gasteiger partial charge on any atom is -0.447 e. The third kappa shape index (κ3) is 2.04. The maximum Gasteiger partial charge on any atom is 0.410 e. The number of rotatable bonds is 1. The molecule has 1 amide bonds. The Labute approximate surface area is 113 Å². The van der Waals surface area contributed by atoms with Gasteiger partial charge in [-0.15, -0.1) is 0 Å². The fourth-order valence-corrected chi connectivity index (χ4v) is 2.88. The number of fused-ring (bicyclic) bond motifs is 1. The Morgan fingerprint density at radius 1 is 1.63 bits per heavy atom. The third-order valence-electron chi connectivity index (χ3n) is 3.72. The van der Waals surface area contributed by atoms with Gasteiger partial charge in [-0.05, 0) is 12.5 Å². The second kappa shape index (κ2) is 4.31. The van der Waals surface area contributed by atoms with E-state index in [-0.39, 0.29) is 42.2 Å². The molecule has 1 unspecified atom stereocenters. The van der Waals surface area contributed by atoms with Gasteiger partial charge < -0.3 is 14.7 Å². The molecule has 3 heterocycles. The van der Waals surface area contributed by atoms with E-state index in [1.807, 2.05) is 0 Å². The Kier molecular flexibility index (Phi) is 2.87. The van der Waals surface area contributed by atoms with Gasteiger partial charge in [0.2, 0.25) is 5.95 Å². The third-order valence-corrected chi connectivity index (χ3v) is 3.93. The molecular formula is C12H12ClFN2O3. The SMILES string of the molecule is O=C1OC[C@H]2CC(O)(c3cc(Cl)cnc3F)CCN12. The molecule has 2 saturated heterocycles. The predicted octanol–water partition coefficient (Wildman–Crippen LogP) is 1.68. The number of pyridine rings is 1. The van der Waals surface area contributed by atoms with Crippen molar-refractivity contribution in [3.8, 4) is 0 Å². The van der Waals surface area contributed by atoms with E-state index in [0.717, 1.165) is 0 Å². The Morgan fingerprint density at radius 3 is 3.21 bits per heavy atom. The average Bonchev–Trinajstić information content (AvgIpc) is 2.73. The minimum absolute atomic E-state index is 0.0824. The van der Waals surface area contributed by atoms with Crippen LogP contribution in [0.3, 0.4) is 0 Å². The number of hydrogen-bond acceptors (Lipinski definition) is 4. The van der Waals surface area contributed by atoms with E-state index < -0.39 is 11.5 Å². The van der Waals surface area contributed by atoms with Crippen LogP contribution < -0.4 is 0 Å². The van der Waals surface area contributed by atoms with Gasteiger partial charge in [0.05, 0.1) is 16.7 Å². The van der Waals surface area contributed by atoms with Crippen molar-refractivity contribution >= 4 is 17.7 Å². The molecule has 2 aliphatic heterocycles. The molecule has 2 aliphatic rings. The van der Waals surface area contributed by atoms with Crippen molar-refractivity contribution < 1.29 is 19.0 Å². The van der Waals surface area contributed by atoms with Crippen LogP contribution in [0, 0.1) is 5.95 Å². The summed E-state index contributed by atoms with van der Waals surface area (Å²) in [4.78, 5) is 16.5. The van der Waals surface area contributed by atoms with Gasteiger partial charge >= 0.3 is 6.09 Å². The molecular weight excluding hydrogens is 275 g/mol. The number of hydrogen-bond donors (Lipinski definition) is 1. The fourth-order valence-electron chi connectivity index (χ4n) is 2.72. The minimum atomic E-state index is -1.36. The summed E-state index contributed by atoms with van der Waals surface area (Å²) in [6.45, 7) is 0.544. The summed E-state index contributed by atoms with van der Waals surface area (Å²) in [5, 5.41) is 10.9. The number of carbonyl (C=O) groups is 1. The predicted molar refractivity (Wildman–Crippen MR) is 64.2 cm³/mol. The second-order valence-corrected chi connectivity index (χ2v) is 5.34. The number of ether oxygens (including phenoxy) is 1. The number of aromatic nitrogens is 1. The quantitative estimate of drug-likeness (QED) is 0.798. The highest BCUT2D eigenvalue weighted by Gasteiger charge is 2.46. The van der Waals surface area contributed by atoms with Crippen LogP contribution in [0.25, 0.3) is 0 Å². The smallest absolute Gasteiger partial charge is 0.410 e. The van der Waals surface area contributed by atoms with E-state index in [1.165, 1.54) is 12.3 Å². The highest BCUT2D eigenvalue weighted by Crippen LogP contribution is 2.39. The van der Waals surface area contributed by atoms with Crippen LogP contribution in [0.2, 0.25) is 5.02 Å². The van der Waals surface area contributed by atoms with Crippen LogP contribution in [-0.4, -0.2) is 40.3 Å². The van der Waals surface area contributed by atoms with Crippen molar-refractivity contribution in [1.29, 1.82) is 0 Å². The molecule has 1 aromatic rings. The van der Waals surface area contributed by atoms with E-state index in [1.54, 1.807) is 4.90 Å². The lowest BCUT2D eigenvalue weighted by atomic mass is 9.82. The van der Waals surface area contributed by atoms with Crippen molar-refractivity contribution in [1.82, 2.24) is 9.88 Å². The van der Waals surface area contributed by atoms with Crippen molar-refractivity contribution in [2.45, 2.75) is 24.5 Å². The topological polar surface area (TPSA) is 62.7 Å². The highest BCUT2D eigenvalue weighted by atomic mass is 35.5. The Morgan fingerprint density at radius 2 is 2.42 bits per heavy atom. The van der Waals surface area contributed by atoms with Crippen LogP contribution in [0.5, 0.6) is 0 Å². The van der Waals surface area contributed by atoms with Gasteiger partial charge in [0.25, 0.3) is 0 Å². The zero-order valence-corrected chi connectivity index (χ0v) is 10.7. The van der Waals surface area contributed by atoms with Crippen LogP contribution in [0.1, 0.15) is 18.4 Å². The first-order valence-electron chi connectivity index (χ1n) is 5.97. The molecule has 3 rings (SSSR count). The molecule has 2 fully saturated rings. The Balaban J connectivity index is 1.92. The van der Waals surface area contributed by atoms with E-state index >= 15 is 0 Å². The summed E-state index contributed by atoms with van der Waals surface area (Å²) < 4.78 is 18.7. The maximum absolute atomic E-state index is 13.8. The number of cyclic esters (lactones) is 1. The Bertz CT molecular complexity index is 542. The normalized spacial score (nSPS) is 30.2. The largest absolute Gasteiger partial charge is 0.447 e. The molecule has 2 atom stereocenters. The van der Waals surface area contributed by atoms with Gasteiger partial charge in [0.1, 0.15) is 6.61 Å². The van der Waals surface area contributed by atoms with Gasteiger partial charge in [-0.3, -0.25) is 0 Å². The van der Waals surface area contributed by atoms with E-state index in [9.17, 15) is 14.3 Å². The Hall–Kier alpha value is -1.40. The number of amides is 1. The lowest BCUT2D eigenvalue weighted by molar-refractivity contribution is -0.0342.